The first-order chi connectivity index (χ1) is 9.35. The number of urea groups is 1. The molecule has 8 heteroatoms. The molecule has 0 saturated heterocycles. The van der Waals surface area contributed by atoms with Crippen LogP contribution in [0.4, 0.5) is 10.5 Å². The van der Waals surface area contributed by atoms with Gasteiger partial charge in [0, 0.05) is 5.69 Å². The van der Waals surface area contributed by atoms with Crippen molar-refractivity contribution in [3.05, 3.63) is 23.2 Å². The van der Waals surface area contributed by atoms with E-state index in [-0.39, 0.29) is 0 Å². The van der Waals surface area contributed by atoms with Crippen LogP contribution < -0.4 is 15.4 Å². The Labute approximate surface area is 120 Å². The highest BCUT2D eigenvalue weighted by molar-refractivity contribution is 6.32. The van der Waals surface area contributed by atoms with Gasteiger partial charge in [0.05, 0.1) is 18.2 Å². The Balaban J connectivity index is 2.71. The van der Waals surface area contributed by atoms with Crippen LogP contribution in [0.25, 0.3) is 0 Å². The van der Waals surface area contributed by atoms with Gasteiger partial charge in [0.2, 0.25) is 0 Å². The lowest BCUT2D eigenvalue weighted by Crippen LogP contribution is -2.49. The minimum atomic E-state index is -1.40. The molecule has 1 aromatic carbocycles. The average molecular weight is 303 g/mol. The number of carboxylic acid groups (broad SMARTS) is 1. The second-order valence-electron chi connectivity index (χ2n) is 4.00. The van der Waals surface area contributed by atoms with Gasteiger partial charge in [0.25, 0.3) is 0 Å². The molecule has 1 aromatic rings. The average Bonchev–Trinajstić information content (AvgIpc) is 2.35. The van der Waals surface area contributed by atoms with Gasteiger partial charge in [0.15, 0.2) is 6.04 Å². The summed E-state index contributed by atoms with van der Waals surface area (Å²) in [5.74, 6) is -0.882. The molecule has 4 N–H and O–H groups in total. The number of rotatable bonds is 5. The van der Waals surface area contributed by atoms with Crippen molar-refractivity contribution in [2.75, 3.05) is 12.4 Å². The number of aliphatic hydroxyl groups is 1. The van der Waals surface area contributed by atoms with Gasteiger partial charge in [-0.1, -0.05) is 11.6 Å². The van der Waals surface area contributed by atoms with Crippen molar-refractivity contribution in [3.8, 4) is 5.75 Å². The Hall–Kier alpha value is -1.99. The number of nitrogens with one attached hydrogen (secondary N) is 2. The van der Waals surface area contributed by atoms with Crippen LogP contribution in [0.5, 0.6) is 5.75 Å². The number of halogens is 1. The van der Waals surface area contributed by atoms with Crippen molar-refractivity contribution >= 4 is 29.3 Å². The van der Waals surface area contributed by atoms with Gasteiger partial charge < -0.3 is 25.6 Å². The fourth-order valence-corrected chi connectivity index (χ4v) is 1.70. The van der Waals surface area contributed by atoms with Crippen molar-refractivity contribution in [1.82, 2.24) is 5.32 Å². The number of methoxy groups -OCH3 is 1. The number of hydrogen-bond donors (Lipinski definition) is 4. The molecule has 0 aliphatic carbocycles. The van der Waals surface area contributed by atoms with Crippen LogP contribution in [0, 0.1) is 0 Å². The van der Waals surface area contributed by atoms with Crippen molar-refractivity contribution < 1.29 is 24.5 Å². The lowest BCUT2D eigenvalue weighted by Gasteiger charge is -2.17. The second-order valence-corrected chi connectivity index (χ2v) is 4.41. The maximum absolute atomic E-state index is 11.6. The van der Waals surface area contributed by atoms with Crippen molar-refractivity contribution in [2.24, 2.45) is 0 Å². The number of carboxylic acids is 1. The molecule has 7 nitrogen and oxygen atoms in total. The third-order valence-electron chi connectivity index (χ3n) is 2.44. The van der Waals surface area contributed by atoms with Crippen LogP contribution in [0.3, 0.4) is 0 Å². The number of benzene rings is 1. The molecule has 0 aromatic heterocycles. The molecule has 0 saturated carbocycles. The van der Waals surface area contributed by atoms with E-state index in [1.807, 2.05) is 0 Å². The predicted molar refractivity (Wildman–Crippen MR) is 73.3 cm³/mol. The van der Waals surface area contributed by atoms with Crippen LogP contribution >= 0.6 is 11.6 Å². The van der Waals surface area contributed by atoms with Crippen molar-refractivity contribution in [2.45, 2.75) is 19.1 Å². The zero-order chi connectivity index (χ0) is 15.3. The molecule has 0 aliphatic heterocycles. The van der Waals surface area contributed by atoms with Gasteiger partial charge in [0.1, 0.15) is 5.75 Å². The summed E-state index contributed by atoms with van der Waals surface area (Å²) in [6, 6.07) is 2.39. The number of aliphatic hydroxyl groups excluding tert-OH is 1. The first-order valence-electron chi connectivity index (χ1n) is 5.67. The Morgan fingerprint density at radius 2 is 2.05 bits per heavy atom. The van der Waals surface area contributed by atoms with E-state index in [1.54, 1.807) is 12.1 Å². The van der Waals surface area contributed by atoms with Crippen LogP contribution in [-0.4, -0.2) is 41.5 Å². The molecule has 1 rings (SSSR count). The van der Waals surface area contributed by atoms with Gasteiger partial charge in [-0.05, 0) is 25.1 Å². The van der Waals surface area contributed by atoms with Gasteiger partial charge >= 0.3 is 12.0 Å². The van der Waals surface area contributed by atoms with E-state index in [4.69, 9.17) is 21.4 Å². The van der Waals surface area contributed by atoms with Crippen molar-refractivity contribution in [1.29, 1.82) is 0 Å². The molecule has 0 spiro atoms. The summed E-state index contributed by atoms with van der Waals surface area (Å²) in [7, 11) is 1.46. The first kappa shape index (κ1) is 16.1. The van der Waals surface area contributed by atoms with Gasteiger partial charge in [-0.3, -0.25) is 0 Å². The molecule has 110 valence electrons. The summed E-state index contributed by atoms with van der Waals surface area (Å²) in [4.78, 5) is 22.5. The highest BCUT2D eigenvalue weighted by Crippen LogP contribution is 2.27. The van der Waals surface area contributed by atoms with Crippen LogP contribution in [0.15, 0.2) is 18.2 Å². The summed E-state index contributed by atoms with van der Waals surface area (Å²) in [5.41, 5.74) is 0.364. The molecule has 2 amide bonds. The lowest BCUT2D eigenvalue weighted by atomic mass is 10.2. The fraction of sp³-hybridized carbons (Fsp3) is 0.333. The molecule has 2 atom stereocenters. The molecular formula is C12H15ClN2O5. The van der Waals surface area contributed by atoms with Crippen LogP contribution in [0.1, 0.15) is 6.92 Å². The smallest absolute Gasteiger partial charge is 0.328 e. The monoisotopic (exact) mass is 302 g/mol. The number of carbonyl (C=O) groups is 2. The normalized spacial score (nSPS) is 13.2. The Morgan fingerprint density at radius 1 is 1.40 bits per heavy atom. The number of aliphatic carboxylic acids is 1. The highest BCUT2D eigenvalue weighted by atomic mass is 35.5. The zero-order valence-electron chi connectivity index (χ0n) is 10.9. The number of anilines is 1. The van der Waals surface area contributed by atoms with E-state index in [9.17, 15) is 14.7 Å². The minimum Gasteiger partial charge on any atom is -0.495 e. The zero-order valence-corrected chi connectivity index (χ0v) is 11.6. The Morgan fingerprint density at radius 3 is 2.50 bits per heavy atom. The minimum absolute atomic E-state index is 0.301. The number of hydrogen-bond acceptors (Lipinski definition) is 4. The van der Waals surface area contributed by atoms with E-state index in [2.05, 4.69) is 10.6 Å². The molecule has 0 aliphatic rings. The van der Waals surface area contributed by atoms with Gasteiger partial charge in [-0.2, -0.15) is 0 Å². The van der Waals surface area contributed by atoms with E-state index in [0.717, 1.165) is 0 Å². The number of amides is 2. The molecule has 0 bridgehead atoms. The van der Waals surface area contributed by atoms with E-state index < -0.39 is 24.1 Å². The Bertz CT molecular complexity index is 507. The summed E-state index contributed by atoms with van der Waals surface area (Å²) in [6.07, 6.45) is -1.22. The van der Waals surface area contributed by atoms with Gasteiger partial charge in [-0.15, -0.1) is 0 Å². The largest absolute Gasteiger partial charge is 0.495 e. The van der Waals surface area contributed by atoms with Gasteiger partial charge in [-0.25, -0.2) is 9.59 Å². The maximum atomic E-state index is 11.6. The summed E-state index contributed by atoms with van der Waals surface area (Å²) in [6.45, 7) is 1.27. The number of ether oxygens (including phenoxy) is 1. The van der Waals surface area contributed by atoms with Crippen LogP contribution in [0.2, 0.25) is 5.02 Å². The summed E-state index contributed by atoms with van der Waals surface area (Å²) < 4.78 is 4.96. The van der Waals surface area contributed by atoms with E-state index in [0.29, 0.717) is 16.5 Å². The molecule has 0 heterocycles. The SMILES string of the molecule is COc1ccc(NC(=O)N[C@H](C(=O)O)[C@@H](C)O)cc1Cl. The highest BCUT2D eigenvalue weighted by Gasteiger charge is 2.24. The molecule has 0 radical (unpaired) electrons. The third kappa shape index (κ3) is 4.29. The Kier molecular flexibility index (Phi) is 5.60. The van der Waals surface area contributed by atoms with E-state index >= 15 is 0 Å². The third-order valence-corrected chi connectivity index (χ3v) is 2.74. The lowest BCUT2D eigenvalue weighted by molar-refractivity contribution is -0.141. The topological polar surface area (TPSA) is 108 Å². The molecule has 0 unspecified atom stereocenters. The molecule has 20 heavy (non-hydrogen) atoms. The summed E-state index contributed by atoms with van der Waals surface area (Å²) >= 11 is 5.89. The fourth-order valence-electron chi connectivity index (χ4n) is 1.44. The molecular weight excluding hydrogens is 288 g/mol. The van der Waals surface area contributed by atoms with Crippen LogP contribution in [-0.2, 0) is 4.79 Å². The maximum Gasteiger partial charge on any atom is 0.328 e. The predicted octanol–water partition coefficient (Wildman–Crippen LogP) is 1.30. The standard InChI is InChI=1S/C12H15ClN2O5/c1-6(16)10(11(17)18)15-12(19)14-7-3-4-9(20-2)8(13)5-7/h3-6,10,16H,1-2H3,(H,17,18)(H2,14,15,19)/t6-,10+/m1/s1. The second kappa shape index (κ2) is 6.97. The van der Waals surface area contributed by atoms with E-state index in [1.165, 1.54) is 20.1 Å². The summed E-state index contributed by atoms with van der Waals surface area (Å²) in [5, 5.41) is 22.9. The first-order valence-corrected chi connectivity index (χ1v) is 6.05. The molecule has 0 fully saturated rings. The quantitative estimate of drug-likeness (QED) is 0.656. The van der Waals surface area contributed by atoms with Crippen molar-refractivity contribution in [3.63, 3.8) is 0 Å². The number of carbonyl (C=O) groups excluding carboxylic acids is 1.